The van der Waals surface area contributed by atoms with Crippen LogP contribution in [-0.2, 0) is 19.1 Å². The highest BCUT2D eigenvalue weighted by molar-refractivity contribution is 5.82. The number of alkyl carbamates (subject to hydrolysis) is 1. The average molecular weight is 481 g/mol. The number of hydrogen-bond acceptors (Lipinski definition) is 5. The van der Waals surface area contributed by atoms with Gasteiger partial charge in [-0.15, -0.1) is 0 Å². The van der Waals surface area contributed by atoms with Crippen molar-refractivity contribution in [2.45, 2.75) is 38.7 Å². The van der Waals surface area contributed by atoms with Gasteiger partial charge in [-0.1, -0.05) is 62.4 Å². The van der Waals surface area contributed by atoms with Gasteiger partial charge in [0.05, 0.1) is 6.42 Å². The van der Waals surface area contributed by atoms with Crippen molar-refractivity contribution >= 4 is 18.0 Å². The molecule has 2 amide bonds. The predicted octanol–water partition coefficient (Wildman–Crippen LogP) is 3.55. The summed E-state index contributed by atoms with van der Waals surface area (Å²) in [6, 6.07) is 16.3. The lowest BCUT2D eigenvalue weighted by Crippen LogP contribution is -2.45. The number of carboxylic acid groups (broad SMARTS) is 1. The number of rotatable bonds is 9. The van der Waals surface area contributed by atoms with E-state index in [1.54, 1.807) is 13.8 Å². The van der Waals surface area contributed by atoms with Crippen LogP contribution in [0.15, 0.2) is 48.5 Å². The summed E-state index contributed by atoms with van der Waals surface area (Å²) in [6.45, 7) is 4.70. The zero-order chi connectivity index (χ0) is 25.0. The molecule has 8 heteroatoms. The standard InChI is InChI=1S/C27H32N2O6/c1-27(2,13-23(30)31)16-29-25(32)24-17(11-12-34-24)14-28-26(33)35-15-22-20-9-5-3-7-18(20)19-8-4-6-10-21(19)22/h3-10,17,22,24H,11-16H2,1-2H3,(H,28,33)(H,29,32)(H,30,31)/t17-,24-/m1/s1. The van der Waals surface area contributed by atoms with E-state index in [9.17, 15) is 14.4 Å². The van der Waals surface area contributed by atoms with E-state index >= 15 is 0 Å². The van der Waals surface area contributed by atoms with Crippen LogP contribution in [0, 0.1) is 11.3 Å². The van der Waals surface area contributed by atoms with Gasteiger partial charge in [-0.25, -0.2) is 4.79 Å². The van der Waals surface area contributed by atoms with Crippen LogP contribution in [-0.4, -0.2) is 55.5 Å². The fourth-order valence-electron chi connectivity index (χ4n) is 4.90. The summed E-state index contributed by atoms with van der Waals surface area (Å²) in [7, 11) is 0. The molecule has 0 bridgehead atoms. The molecule has 1 aliphatic heterocycles. The molecule has 1 heterocycles. The first-order chi connectivity index (χ1) is 16.7. The normalized spacial score (nSPS) is 19.0. The minimum absolute atomic E-state index is 0.0179. The Kier molecular flexibility index (Phi) is 7.40. The number of benzene rings is 2. The molecule has 0 saturated carbocycles. The van der Waals surface area contributed by atoms with Crippen molar-refractivity contribution in [3.05, 3.63) is 59.7 Å². The molecule has 0 spiro atoms. The van der Waals surface area contributed by atoms with Crippen LogP contribution >= 0.6 is 0 Å². The molecule has 1 saturated heterocycles. The Morgan fingerprint density at radius 3 is 2.29 bits per heavy atom. The second kappa shape index (κ2) is 10.5. The number of hydrogen-bond donors (Lipinski definition) is 3. The Morgan fingerprint density at radius 2 is 1.66 bits per heavy atom. The highest BCUT2D eigenvalue weighted by atomic mass is 16.5. The van der Waals surface area contributed by atoms with Crippen molar-refractivity contribution in [1.29, 1.82) is 0 Å². The Hall–Kier alpha value is -3.39. The lowest BCUT2D eigenvalue weighted by Gasteiger charge is -2.25. The van der Waals surface area contributed by atoms with Gasteiger partial charge in [0.25, 0.3) is 0 Å². The summed E-state index contributed by atoms with van der Waals surface area (Å²) in [4.78, 5) is 36.1. The molecule has 8 nitrogen and oxygen atoms in total. The van der Waals surface area contributed by atoms with E-state index in [-0.39, 0.29) is 43.9 Å². The maximum absolute atomic E-state index is 12.6. The van der Waals surface area contributed by atoms with Crippen LogP contribution in [0.3, 0.4) is 0 Å². The molecule has 0 unspecified atom stereocenters. The summed E-state index contributed by atoms with van der Waals surface area (Å²) < 4.78 is 11.2. The van der Waals surface area contributed by atoms with Gasteiger partial charge in [-0.3, -0.25) is 9.59 Å². The fraction of sp³-hybridized carbons (Fsp3) is 0.444. The van der Waals surface area contributed by atoms with Crippen LogP contribution in [0.25, 0.3) is 11.1 Å². The molecular weight excluding hydrogens is 448 g/mol. The lowest BCUT2D eigenvalue weighted by atomic mass is 9.89. The molecule has 2 aromatic rings. The third kappa shape index (κ3) is 5.82. The fourth-order valence-corrected chi connectivity index (χ4v) is 4.90. The topological polar surface area (TPSA) is 114 Å². The molecule has 0 radical (unpaired) electrons. The minimum atomic E-state index is -0.911. The van der Waals surface area contributed by atoms with E-state index in [4.69, 9.17) is 14.6 Å². The van der Waals surface area contributed by atoms with Gasteiger partial charge in [0.1, 0.15) is 12.7 Å². The molecule has 186 valence electrons. The predicted molar refractivity (Wildman–Crippen MR) is 130 cm³/mol. The second-order valence-electron chi connectivity index (χ2n) is 10.00. The lowest BCUT2D eigenvalue weighted by molar-refractivity contribution is -0.140. The zero-order valence-corrected chi connectivity index (χ0v) is 20.1. The van der Waals surface area contributed by atoms with E-state index in [1.807, 2.05) is 24.3 Å². The van der Waals surface area contributed by atoms with Crippen LogP contribution in [0.4, 0.5) is 4.79 Å². The largest absolute Gasteiger partial charge is 0.481 e. The number of fused-ring (bicyclic) bond motifs is 3. The second-order valence-corrected chi connectivity index (χ2v) is 10.00. The number of carbonyl (C=O) groups excluding carboxylic acids is 2. The molecule has 4 rings (SSSR count). The van der Waals surface area contributed by atoms with Crippen molar-refractivity contribution in [1.82, 2.24) is 10.6 Å². The van der Waals surface area contributed by atoms with Crippen LogP contribution in [0.2, 0.25) is 0 Å². The third-order valence-electron chi connectivity index (χ3n) is 6.70. The summed E-state index contributed by atoms with van der Waals surface area (Å²) in [5.41, 5.74) is 4.05. The molecule has 35 heavy (non-hydrogen) atoms. The average Bonchev–Trinajstić information content (AvgIpc) is 3.42. The first-order valence-corrected chi connectivity index (χ1v) is 11.9. The molecule has 2 atom stereocenters. The minimum Gasteiger partial charge on any atom is -0.481 e. The Balaban J connectivity index is 1.27. The van der Waals surface area contributed by atoms with E-state index in [0.717, 1.165) is 11.1 Å². The number of carbonyl (C=O) groups is 3. The van der Waals surface area contributed by atoms with Crippen molar-refractivity contribution in [3.63, 3.8) is 0 Å². The first kappa shape index (κ1) is 24.7. The van der Waals surface area contributed by atoms with Crippen LogP contribution < -0.4 is 10.6 Å². The van der Waals surface area contributed by atoms with Gasteiger partial charge in [0, 0.05) is 31.5 Å². The van der Waals surface area contributed by atoms with E-state index in [0.29, 0.717) is 13.0 Å². The highest BCUT2D eigenvalue weighted by Gasteiger charge is 2.35. The van der Waals surface area contributed by atoms with Gasteiger partial charge in [0.15, 0.2) is 0 Å². The summed E-state index contributed by atoms with van der Waals surface area (Å²) in [5, 5.41) is 14.6. The maximum atomic E-state index is 12.6. The Bertz CT molecular complexity index is 1050. The molecule has 3 N–H and O–H groups in total. The number of ether oxygens (including phenoxy) is 2. The molecule has 1 aliphatic carbocycles. The quantitative estimate of drug-likeness (QED) is 0.506. The zero-order valence-electron chi connectivity index (χ0n) is 20.1. The smallest absolute Gasteiger partial charge is 0.407 e. The Labute approximate surface area is 205 Å². The molecule has 0 aromatic heterocycles. The summed E-state index contributed by atoms with van der Waals surface area (Å²) >= 11 is 0. The number of aliphatic carboxylic acids is 1. The third-order valence-corrected chi connectivity index (χ3v) is 6.70. The van der Waals surface area contributed by atoms with Crippen LogP contribution in [0.1, 0.15) is 43.7 Å². The van der Waals surface area contributed by atoms with Crippen molar-refractivity contribution in [3.8, 4) is 11.1 Å². The van der Waals surface area contributed by atoms with E-state index < -0.39 is 23.6 Å². The first-order valence-electron chi connectivity index (χ1n) is 11.9. The molecule has 2 aliphatic rings. The van der Waals surface area contributed by atoms with E-state index in [1.165, 1.54) is 11.1 Å². The van der Waals surface area contributed by atoms with Crippen molar-refractivity contribution in [2.75, 3.05) is 26.3 Å². The molecular formula is C27H32N2O6. The number of nitrogens with one attached hydrogen (secondary N) is 2. The van der Waals surface area contributed by atoms with Gasteiger partial charge < -0.3 is 25.2 Å². The number of carboxylic acids is 1. The van der Waals surface area contributed by atoms with Gasteiger partial charge in [-0.05, 0) is 34.1 Å². The SMILES string of the molecule is CC(C)(CNC(=O)[C@@H]1OCC[C@@H]1CNC(=O)OCC1c2ccccc2-c2ccccc21)CC(=O)O. The van der Waals surface area contributed by atoms with Crippen molar-refractivity contribution in [2.24, 2.45) is 11.3 Å². The molecule has 2 aromatic carbocycles. The maximum Gasteiger partial charge on any atom is 0.407 e. The highest BCUT2D eigenvalue weighted by Crippen LogP contribution is 2.44. The van der Waals surface area contributed by atoms with Gasteiger partial charge in [0.2, 0.25) is 5.91 Å². The van der Waals surface area contributed by atoms with E-state index in [2.05, 4.69) is 34.9 Å². The monoisotopic (exact) mass is 480 g/mol. The van der Waals surface area contributed by atoms with Crippen LogP contribution in [0.5, 0.6) is 0 Å². The van der Waals surface area contributed by atoms with Gasteiger partial charge in [-0.2, -0.15) is 0 Å². The Morgan fingerprint density at radius 1 is 1.03 bits per heavy atom. The molecule has 1 fully saturated rings. The van der Waals surface area contributed by atoms with Gasteiger partial charge >= 0.3 is 12.1 Å². The summed E-state index contributed by atoms with van der Waals surface area (Å²) in [6.07, 6.45) is -0.628. The van der Waals surface area contributed by atoms with Crippen molar-refractivity contribution < 1.29 is 29.0 Å². The summed E-state index contributed by atoms with van der Waals surface area (Å²) in [5.74, 6) is -1.40. The number of amides is 2.